The molecule has 4 rings (SSSR count). The van der Waals surface area contributed by atoms with E-state index in [1.54, 1.807) is 5.01 Å². The molecule has 1 aliphatic rings. The molecule has 3 aromatic rings. The van der Waals surface area contributed by atoms with Gasteiger partial charge in [0.25, 0.3) is 0 Å². The predicted molar refractivity (Wildman–Crippen MR) is 93.3 cm³/mol. The molecule has 1 aromatic carbocycles. The number of thiophene rings is 1. The summed E-state index contributed by atoms with van der Waals surface area (Å²) in [5.74, 6) is -0.00908. The molecule has 0 bridgehead atoms. The fourth-order valence-corrected chi connectivity index (χ4v) is 4.06. The minimum atomic E-state index is -0.00908. The van der Waals surface area contributed by atoms with E-state index in [4.69, 9.17) is 11.6 Å². The molecule has 0 unspecified atom stereocenters. The standard InChI is InChI=1S/C15H11ClN4OS2/c16-14-4-3-13(22-14)11-5-6-20(17-11)15(21)8-9-1-2-10-12(7-9)19-23-18-10/h1-4,7H,5-6,8H2. The zero-order chi connectivity index (χ0) is 15.8. The number of nitrogens with zero attached hydrogens (tertiary/aromatic N) is 4. The number of benzene rings is 1. The van der Waals surface area contributed by atoms with Gasteiger partial charge in [0.05, 0.1) is 39.6 Å². The van der Waals surface area contributed by atoms with Crippen LogP contribution in [0.4, 0.5) is 0 Å². The van der Waals surface area contributed by atoms with Crippen LogP contribution in [0, 0.1) is 0 Å². The molecule has 5 nitrogen and oxygen atoms in total. The first-order chi connectivity index (χ1) is 11.2. The average molecular weight is 363 g/mol. The summed E-state index contributed by atoms with van der Waals surface area (Å²) in [6, 6.07) is 9.53. The van der Waals surface area contributed by atoms with Gasteiger partial charge in [-0.1, -0.05) is 17.7 Å². The first-order valence-electron chi connectivity index (χ1n) is 7.04. The number of rotatable bonds is 3. The number of amides is 1. The molecule has 0 saturated carbocycles. The van der Waals surface area contributed by atoms with Gasteiger partial charge in [-0.05, 0) is 29.8 Å². The van der Waals surface area contributed by atoms with E-state index < -0.39 is 0 Å². The minimum absolute atomic E-state index is 0.00908. The molecule has 116 valence electrons. The highest BCUT2D eigenvalue weighted by Gasteiger charge is 2.22. The molecule has 0 N–H and O–H groups in total. The summed E-state index contributed by atoms with van der Waals surface area (Å²) in [5, 5.41) is 5.99. The summed E-state index contributed by atoms with van der Waals surface area (Å²) in [6.45, 7) is 0.615. The number of hydrazone groups is 1. The summed E-state index contributed by atoms with van der Waals surface area (Å²) < 4.78 is 9.10. The summed E-state index contributed by atoms with van der Waals surface area (Å²) in [6.07, 6.45) is 1.08. The second-order valence-corrected chi connectivity index (χ2v) is 7.42. The quantitative estimate of drug-likeness (QED) is 0.715. The second kappa shape index (κ2) is 5.99. The van der Waals surface area contributed by atoms with Crippen LogP contribution in [0.15, 0.2) is 35.4 Å². The number of fused-ring (bicyclic) bond motifs is 1. The lowest BCUT2D eigenvalue weighted by atomic mass is 10.1. The fraction of sp³-hybridized carbons (Fsp3) is 0.200. The zero-order valence-corrected chi connectivity index (χ0v) is 14.3. The van der Waals surface area contributed by atoms with E-state index in [0.29, 0.717) is 13.0 Å². The molecule has 1 amide bonds. The molecule has 0 fully saturated rings. The molecular formula is C15H11ClN4OS2. The van der Waals surface area contributed by atoms with Gasteiger partial charge in [-0.15, -0.1) is 11.3 Å². The van der Waals surface area contributed by atoms with E-state index in [1.807, 2.05) is 30.3 Å². The van der Waals surface area contributed by atoms with Crippen molar-refractivity contribution >= 4 is 57.3 Å². The van der Waals surface area contributed by atoms with E-state index in [1.165, 1.54) is 23.1 Å². The number of halogens is 1. The van der Waals surface area contributed by atoms with Gasteiger partial charge in [-0.2, -0.15) is 13.8 Å². The number of hydrogen-bond acceptors (Lipinski definition) is 6. The average Bonchev–Trinajstić information content (AvgIpc) is 3.26. The van der Waals surface area contributed by atoms with Gasteiger partial charge in [-0.3, -0.25) is 4.79 Å². The van der Waals surface area contributed by atoms with Crippen molar-refractivity contribution in [3.05, 3.63) is 45.1 Å². The Hall–Kier alpha value is -1.83. The second-order valence-electron chi connectivity index (χ2n) is 5.18. The van der Waals surface area contributed by atoms with Gasteiger partial charge < -0.3 is 0 Å². The largest absolute Gasteiger partial charge is 0.273 e. The van der Waals surface area contributed by atoms with Gasteiger partial charge in [0.15, 0.2) is 0 Å². The monoisotopic (exact) mass is 362 g/mol. The summed E-state index contributed by atoms with van der Waals surface area (Å²) in [5.41, 5.74) is 3.55. The smallest absolute Gasteiger partial charge is 0.247 e. The third kappa shape index (κ3) is 2.99. The molecule has 0 atom stereocenters. The van der Waals surface area contributed by atoms with Crippen LogP contribution in [-0.2, 0) is 11.2 Å². The predicted octanol–water partition coefficient (Wildman–Crippen LogP) is 3.59. The molecule has 0 aliphatic carbocycles. The Bertz CT molecular complexity index is 917. The van der Waals surface area contributed by atoms with E-state index in [-0.39, 0.29) is 5.91 Å². The molecule has 0 saturated heterocycles. The minimum Gasteiger partial charge on any atom is -0.273 e. The van der Waals surface area contributed by atoms with Crippen molar-refractivity contribution < 1.29 is 4.79 Å². The highest BCUT2D eigenvalue weighted by Crippen LogP contribution is 2.25. The fourth-order valence-electron chi connectivity index (χ4n) is 2.48. The molecule has 0 spiro atoms. The Morgan fingerprint density at radius 2 is 2.09 bits per heavy atom. The molecule has 23 heavy (non-hydrogen) atoms. The maximum absolute atomic E-state index is 12.4. The van der Waals surface area contributed by atoms with E-state index in [9.17, 15) is 4.79 Å². The van der Waals surface area contributed by atoms with Crippen LogP contribution in [0.2, 0.25) is 4.34 Å². The molecule has 1 aliphatic heterocycles. The van der Waals surface area contributed by atoms with Crippen LogP contribution in [0.1, 0.15) is 16.9 Å². The molecule has 8 heteroatoms. The van der Waals surface area contributed by atoms with Crippen molar-refractivity contribution in [3.8, 4) is 0 Å². The van der Waals surface area contributed by atoms with Crippen LogP contribution in [0.3, 0.4) is 0 Å². The Balaban J connectivity index is 1.49. The Morgan fingerprint density at radius 3 is 2.91 bits per heavy atom. The Labute approximate surface area is 145 Å². The van der Waals surface area contributed by atoms with Crippen molar-refractivity contribution in [2.24, 2.45) is 5.10 Å². The lowest BCUT2D eigenvalue weighted by Gasteiger charge is -2.11. The highest BCUT2D eigenvalue weighted by atomic mass is 35.5. The van der Waals surface area contributed by atoms with E-state index in [0.717, 1.165) is 37.9 Å². The number of aromatic nitrogens is 2. The van der Waals surface area contributed by atoms with Crippen LogP contribution in [0.5, 0.6) is 0 Å². The SMILES string of the molecule is O=C(Cc1ccc2nsnc2c1)N1CCC(c2ccc(Cl)s2)=N1. The third-order valence-corrected chi connectivity index (χ3v) is 5.46. The molecule has 2 aromatic heterocycles. The Morgan fingerprint density at radius 1 is 1.22 bits per heavy atom. The maximum Gasteiger partial charge on any atom is 0.247 e. The van der Waals surface area contributed by atoms with Gasteiger partial charge in [0.1, 0.15) is 11.0 Å². The van der Waals surface area contributed by atoms with E-state index >= 15 is 0 Å². The zero-order valence-electron chi connectivity index (χ0n) is 11.9. The topological polar surface area (TPSA) is 58.5 Å². The van der Waals surface area contributed by atoms with Crippen molar-refractivity contribution in [2.45, 2.75) is 12.8 Å². The molecular weight excluding hydrogens is 352 g/mol. The highest BCUT2D eigenvalue weighted by molar-refractivity contribution is 7.18. The number of hydrogen-bond donors (Lipinski definition) is 0. The molecule has 3 heterocycles. The van der Waals surface area contributed by atoms with Gasteiger partial charge in [-0.25, -0.2) is 5.01 Å². The first kappa shape index (κ1) is 14.7. The lowest BCUT2D eigenvalue weighted by Crippen LogP contribution is -2.25. The van der Waals surface area contributed by atoms with Crippen molar-refractivity contribution in [1.82, 2.24) is 13.8 Å². The summed E-state index contributed by atoms with van der Waals surface area (Å²) in [7, 11) is 0. The maximum atomic E-state index is 12.4. The van der Waals surface area contributed by atoms with Crippen LogP contribution < -0.4 is 0 Å². The number of carbonyl (C=O) groups excluding carboxylic acids is 1. The van der Waals surface area contributed by atoms with Crippen LogP contribution in [-0.4, -0.2) is 31.9 Å². The summed E-state index contributed by atoms with van der Waals surface area (Å²) in [4.78, 5) is 13.5. The van der Waals surface area contributed by atoms with Crippen molar-refractivity contribution in [3.63, 3.8) is 0 Å². The van der Waals surface area contributed by atoms with Gasteiger partial charge in [0.2, 0.25) is 5.91 Å². The van der Waals surface area contributed by atoms with E-state index in [2.05, 4.69) is 13.8 Å². The summed E-state index contributed by atoms with van der Waals surface area (Å²) >= 11 is 8.62. The van der Waals surface area contributed by atoms with Crippen LogP contribution in [0.25, 0.3) is 11.0 Å². The van der Waals surface area contributed by atoms with Crippen molar-refractivity contribution in [2.75, 3.05) is 6.54 Å². The van der Waals surface area contributed by atoms with Crippen LogP contribution >= 0.6 is 34.7 Å². The van der Waals surface area contributed by atoms with Crippen molar-refractivity contribution in [1.29, 1.82) is 0 Å². The number of carbonyl (C=O) groups is 1. The normalized spacial score (nSPS) is 14.5. The molecule has 0 radical (unpaired) electrons. The van der Waals surface area contributed by atoms with Gasteiger partial charge >= 0.3 is 0 Å². The first-order valence-corrected chi connectivity index (χ1v) is 8.96. The third-order valence-electron chi connectivity index (χ3n) is 3.62. The van der Waals surface area contributed by atoms with Gasteiger partial charge in [0, 0.05) is 6.42 Å². The Kier molecular flexibility index (Phi) is 3.84. The lowest BCUT2D eigenvalue weighted by molar-refractivity contribution is -0.130.